The van der Waals surface area contributed by atoms with E-state index >= 15 is 0 Å². The molecule has 0 spiro atoms. The van der Waals surface area contributed by atoms with Gasteiger partial charge in [0.1, 0.15) is 0 Å². The first-order valence-electron chi connectivity index (χ1n) is 6.26. The summed E-state index contributed by atoms with van der Waals surface area (Å²) < 4.78 is 0. The fourth-order valence-corrected chi connectivity index (χ4v) is 2.97. The van der Waals surface area contributed by atoms with E-state index in [-0.39, 0.29) is 18.3 Å². The number of carbonyl (C=O) groups excluding carboxylic acids is 1. The summed E-state index contributed by atoms with van der Waals surface area (Å²) in [6, 6.07) is 4.58. The molecule has 1 fully saturated rings. The summed E-state index contributed by atoms with van der Waals surface area (Å²) in [5.41, 5.74) is 0. The Morgan fingerprint density at radius 3 is 2.83 bits per heavy atom. The molecular weight excluding hydrogens is 268 g/mol. The largest absolute Gasteiger partial charge is 0.343 e. The number of thiophene rings is 1. The van der Waals surface area contributed by atoms with Crippen LogP contribution in [-0.2, 0) is 11.2 Å². The van der Waals surface area contributed by atoms with E-state index in [1.165, 1.54) is 4.88 Å². The lowest BCUT2D eigenvalue weighted by molar-refractivity contribution is -0.132. The van der Waals surface area contributed by atoms with Crippen molar-refractivity contribution in [2.75, 3.05) is 20.1 Å². The van der Waals surface area contributed by atoms with Crippen molar-refractivity contribution < 1.29 is 4.79 Å². The van der Waals surface area contributed by atoms with Crippen LogP contribution in [-0.4, -0.2) is 37.0 Å². The molecule has 102 valence electrons. The molecule has 1 amide bonds. The van der Waals surface area contributed by atoms with Crippen LogP contribution in [0.2, 0.25) is 0 Å². The Balaban J connectivity index is 0.00000162. The third-order valence-corrected chi connectivity index (χ3v) is 4.35. The number of halogens is 1. The summed E-state index contributed by atoms with van der Waals surface area (Å²) in [6.07, 6.45) is 3.69. The Morgan fingerprint density at radius 1 is 1.50 bits per heavy atom. The molecule has 5 heteroatoms. The molecule has 1 aliphatic rings. The zero-order chi connectivity index (χ0) is 12.1. The lowest BCUT2D eigenvalue weighted by Gasteiger charge is -2.31. The number of carbonyl (C=O) groups is 1. The van der Waals surface area contributed by atoms with E-state index in [4.69, 9.17) is 0 Å². The van der Waals surface area contributed by atoms with Crippen LogP contribution in [0.1, 0.15) is 24.1 Å². The zero-order valence-electron chi connectivity index (χ0n) is 10.7. The summed E-state index contributed by atoms with van der Waals surface area (Å²) in [6.45, 7) is 2.07. The predicted octanol–water partition coefficient (Wildman–Crippen LogP) is 2.31. The van der Waals surface area contributed by atoms with Gasteiger partial charge in [-0.3, -0.25) is 4.79 Å². The van der Waals surface area contributed by atoms with Gasteiger partial charge in [-0.25, -0.2) is 0 Å². The van der Waals surface area contributed by atoms with Crippen molar-refractivity contribution >= 4 is 29.7 Å². The van der Waals surface area contributed by atoms with Gasteiger partial charge in [-0.1, -0.05) is 6.07 Å². The first-order valence-corrected chi connectivity index (χ1v) is 7.14. The average Bonchev–Trinajstić information content (AvgIpc) is 2.89. The highest BCUT2D eigenvalue weighted by molar-refractivity contribution is 7.09. The van der Waals surface area contributed by atoms with E-state index in [0.29, 0.717) is 12.5 Å². The molecule has 2 heterocycles. The van der Waals surface area contributed by atoms with Gasteiger partial charge in [-0.2, -0.15) is 0 Å². The maximum absolute atomic E-state index is 12.0. The first-order chi connectivity index (χ1) is 8.27. The van der Waals surface area contributed by atoms with Crippen molar-refractivity contribution in [1.29, 1.82) is 0 Å². The summed E-state index contributed by atoms with van der Waals surface area (Å²) in [5, 5.41) is 5.39. The van der Waals surface area contributed by atoms with Crippen molar-refractivity contribution in [3.63, 3.8) is 0 Å². The lowest BCUT2D eigenvalue weighted by atomic mass is 10.0. The Bertz CT molecular complexity index is 350. The molecule has 0 atom stereocenters. The highest BCUT2D eigenvalue weighted by Gasteiger charge is 2.21. The molecular formula is C13H21ClN2OS. The second-order valence-corrected chi connectivity index (χ2v) is 5.60. The summed E-state index contributed by atoms with van der Waals surface area (Å²) in [5.74, 6) is 0.283. The third kappa shape index (κ3) is 4.26. The summed E-state index contributed by atoms with van der Waals surface area (Å²) in [7, 11) is 1.95. The zero-order valence-corrected chi connectivity index (χ0v) is 12.4. The summed E-state index contributed by atoms with van der Waals surface area (Å²) >= 11 is 1.73. The second kappa shape index (κ2) is 7.77. The van der Waals surface area contributed by atoms with Crippen LogP contribution in [0.5, 0.6) is 0 Å². The van der Waals surface area contributed by atoms with Crippen molar-refractivity contribution in [2.45, 2.75) is 31.7 Å². The van der Waals surface area contributed by atoms with E-state index in [2.05, 4.69) is 16.8 Å². The SMILES string of the molecule is CN(C(=O)CCc1cccs1)C1CCNCC1.Cl. The monoisotopic (exact) mass is 288 g/mol. The minimum absolute atomic E-state index is 0. The maximum atomic E-state index is 12.0. The van der Waals surface area contributed by atoms with E-state index in [1.54, 1.807) is 11.3 Å². The van der Waals surface area contributed by atoms with Crippen molar-refractivity contribution in [2.24, 2.45) is 0 Å². The molecule has 0 radical (unpaired) electrons. The number of rotatable bonds is 4. The van der Waals surface area contributed by atoms with E-state index < -0.39 is 0 Å². The average molecular weight is 289 g/mol. The number of amides is 1. The molecule has 0 saturated carbocycles. The van der Waals surface area contributed by atoms with Gasteiger partial charge in [0.05, 0.1) is 0 Å². The van der Waals surface area contributed by atoms with Crippen LogP contribution in [0.3, 0.4) is 0 Å². The standard InChI is InChI=1S/C13H20N2OS.ClH/c1-15(11-6-8-14-9-7-11)13(16)5-4-12-3-2-10-17-12;/h2-3,10-11,14H,4-9H2,1H3;1H. The van der Waals surface area contributed by atoms with E-state index in [0.717, 1.165) is 32.4 Å². The number of hydrogen-bond donors (Lipinski definition) is 1. The maximum Gasteiger partial charge on any atom is 0.222 e. The number of piperidine rings is 1. The Morgan fingerprint density at radius 2 is 2.22 bits per heavy atom. The molecule has 0 bridgehead atoms. The fraction of sp³-hybridized carbons (Fsp3) is 0.615. The minimum atomic E-state index is 0. The van der Waals surface area contributed by atoms with Crippen molar-refractivity contribution in [3.05, 3.63) is 22.4 Å². The number of hydrogen-bond acceptors (Lipinski definition) is 3. The highest BCUT2D eigenvalue weighted by Crippen LogP contribution is 2.14. The second-order valence-electron chi connectivity index (χ2n) is 4.57. The van der Waals surface area contributed by atoms with Crippen LogP contribution >= 0.6 is 23.7 Å². The third-order valence-electron chi connectivity index (χ3n) is 3.42. The van der Waals surface area contributed by atoms with Gasteiger partial charge < -0.3 is 10.2 Å². The van der Waals surface area contributed by atoms with E-state index in [9.17, 15) is 4.79 Å². The van der Waals surface area contributed by atoms with Crippen LogP contribution < -0.4 is 5.32 Å². The van der Waals surface area contributed by atoms with Crippen molar-refractivity contribution in [1.82, 2.24) is 10.2 Å². The molecule has 1 aromatic rings. The molecule has 3 nitrogen and oxygen atoms in total. The van der Waals surface area contributed by atoms with Gasteiger partial charge in [0, 0.05) is 24.4 Å². The Hall–Kier alpha value is -0.580. The van der Waals surface area contributed by atoms with Crippen molar-refractivity contribution in [3.8, 4) is 0 Å². The highest BCUT2D eigenvalue weighted by atomic mass is 35.5. The minimum Gasteiger partial charge on any atom is -0.343 e. The molecule has 2 rings (SSSR count). The van der Waals surface area contributed by atoms with Gasteiger partial charge in [0.15, 0.2) is 0 Å². The van der Waals surface area contributed by atoms with E-state index in [1.807, 2.05) is 18.0 Å². The van der Waals surface area contributed by atoms with Crippen LogP contribution in [0, 0.1) is 0 Å². The first kappa shape index (κ1) is 15.5. The van der Waals surface area contributed by atoms with Gasteiger partial charge in [0.2, 0.25) is 5.91 Å². The number of aryl methyl sites for hydroxylation is 1. The summed E-state index contributed by atoms with van der Waals surface area (Å²) in [4.78, 5) is 15.3. The predicted molar refractivity (Wildman–Crippen MR) is 78.5 cm³/mol. The number of nitrogens with zero attached hydrogens (tertiary/aromatic N) is 1. The van der Waals surface area contributed by atoms with Gasteiger partial charge in [-0.15, -0.1) is 23.7 Å². The lowest BCUT2D eigenvalue weighted by Crippen LogP contribution is -2.44. The Kier molecular flexibility index (Phi) is 6.68. The van der Waals surface area contributed by atoms with Gasteiger partial charge in [-0.05, 0) is 43.8 Å². The smallest absolute Gasteiger partial charge is 0.222 e. The molecule has 18 heavy (non-hydrogen) atoms. The quantitative estimate of drug-likeness (QED) is 0.922. The van der Waals surface area contributed by atoms with Crippen LogP contribution in [0.4, 0.5) is 0 Å². The molecule has 1 aliphatic heterocycles. The molecule has 1 aromatic heterocycles. The van der Waals surface area contributed by atoms with Crippen LogP contribution in [0.15, 0.2) is 17.5 Å². The Labute approximate surface area is 119 Å². The molecule has 0 unspecified atom stereocenters. The molecule has 0 aliphatic carbocycles. The molecule has 0 aromatic carbocycles. The molecule has 1 N–H and O–H groups in total. The molecule has 1 saturated heterocycles. The normalized spacial score (nSPS) is 16.1. The number of nitrogens with one attached hydrogen (secondary N) is 1. The topological polar surface area (TPSA) is 32.3 Å². The van der Waals surface area contributed by atoms with Gasteiger partial charge in [0.25, 0.3) is 0 Å². The van der Waals surface area contributed by atoms with Crippen LogP contribution in [0.25, 0.3) is 0 Å². The van der Waals surface area contributed by atoms with Gasteiger partial charge >= 0.3 is 0 Å². The fourth-order valence-electron chi connectivity index (χ4n) is 2.26.